The normalized spacial score (nSPS) is 13.9. The van der Waals surface area contributed by atoms with Crippen LogP contribution in [0.2, 0.25) is 0 Å². The number of amides is 3. The molecule has 7 N–H and O–H groups in total. The molecule has 0 rings (SSSR count). The van der Waals surface area contributed by atoms with Gasteiger partial charge in [0, 0.05) is 12.2 Å². The van der Waals surface area contributed by atoms with Crippen LogP contribution in [0.5, 0.6) is 0 Å². The fraction of sp³-hybridized carbons (Fsp3) is 0.688. The number of carbonyl (C=O) groups is 5. The maximum Gasteiger partial charge on any atom is 0.327 e. The smallest absolute Gasteiger partial charge is 0.327 e. The second-order valence-corrected chi connectivity index (χ2v) is 6.95. The number of rotatable bonds is 13. The lowest BCUT2D eigenvalue weighted by Gasteiger charge is -2.20. The van der Waals surface area contributed by atoms with Crippen molar-refractivity contribution in [3.63, 3.8) is 0 Å². The van der Waals surface area contributed by atoms with Gasteiger partial charge in [-0.2, -0.15) is 12.6 Å². The molecule has 0 bridgehead atoms. The molecule has 0 aliphatic carbocycles. The average Bonchev–Trinajstić information content (AvgIpc) is 2.59. The number of carboxylic acids is 2. The van der Waals surface area contributed by atoms with Crippen molar-refractivity contribution >= 4 is 42.3 Å². The lowest BCUT2D eigenvalue weighted by atomic mass is 10.0. The predicted molar refractivity (Wildman–Crippen MR) is 103 cm³/mol. The summed E-state index contributed by atoms with van der Waals surface area (Å²) in [7, 11) is 0. The van der Waals surface area contributed by atoms with Crippen LogP contribution >= 0.6 is 12.6 Å². The van der Waals surface area contributed by atoms with Crippen LogP contribution in [-0.2, 0) is 24.0 Å². The topological polar surface area (TPSA) is 188 Å². The van der Waals surface area contributed by atoms with Crippen molar-refractivity contribution in [2.75, 3.05) is 12.3 Å². The summed E-state index contributed by atoms with van der Waals surface area (Å²) in [5.41, 5.74) is 5.70. The van der Waals surface area contributed by atoms with E-state index in [1.165, 1.54) is 0 Å². The molecule has 0 aromatic rings. The van der Waals surface area contributed by atoms with E-state index in [1.807, 2.05) is 13.8 Å². The number of carboxylic acid groups (broad SMARTS) is 2. The van der Waals surface area contributed by atoms with Crippen LogP contribution in [0, 0.1) is 5.92 Å². The van der Waals surface area contributed by atoms with E-state index in [2.05, 4.69) is 28.6 Å². The Bertz CT molecular complexity index is 585. The fourth-order valence-electron chi connectivity index (χ4n) is 2.15. The van der Waals surface area contributed by atoms with Gasteiger partial charge >= 0.3 is 11.9 Å². The van der Waals surface area contributed by atoms with Crippen LogP contribution in [-0.4, -0.2) is 70.3 Å². The van der Waals surface area contributed by atoms with Crippen LogP contribution in [0.1, 0.15) is 33.1 Å². The Balaban J connectivity index is 4.82. The SMILES string of the molecule is CC(C)CC(N)C(=O)NCC(=O)NC(CCC(=O)O)C(=O)NC(CS)C(=O)O. The zero-order valence-electron chi connectivity index (χ0n) is 15.8. The minimum Gasteiger partial charge on any atom is -0.481 e. The summed E-state index contributed by atoms with van der Waals surface area (Å²) in [4.78, 5) is 57.8. The summed E-state index contributed by atoms with van der Waals surface area (Å²) in [5.74, 6) is -4.65. The average molecular weight is 420 g/mol. The minimum atomic E-state index is -1.32. The molecule has 28 heavy (non-hydrogen) atoms. The van der Waals surface area contributed by atoms with Crippen LogP contribution in [0.4, 0.5) is 0 Å². The Morgan fingerprint density at radius 3 is 2.07 bits per heavy atom. The lowest BCUT2D eigenvalue weighted by molar-refractivity contribution is -0.142. The zero-order chi connectivity index (χ0) is 21.9. The van der Waals surface area contributed by atoms with Gasteiger partial charge in [-0.3, -0.25) is 19.2 Å². The van der Waals surface area contributed by atoms with Crippen LogP contribution < -0.4 is 21.7 Å². The van der Waals surface area contributed by atoms with Gasteiger partial charge in [-0.1, -0.05) is 13.8 Å². The van der Waals surface area contributed by atoms with E-state index in [-0.39, 0.29) is 18.1 Å². The first-order chi connectivity index (χ1) is 13.0. The Morgan fingerprint density at radius 2 is 1.61 bits per heavy atom. The van der Waals surface area contributed by atoms with Crippen LogP contribution in [0.15, 0.2) is 0 Å². The third-order valence-electron chi connectivity index (χ3n) is 3.58. The van der Waals surface area contributed by atoms with Gasteiger partial charge in [0.25, 0.3) is 0 Å². The van der Waals surface area contributed by atoms with Gasteiger partial charge in [-0.15, -0.1) is 0 Å². The quantitative estimate of drug-likeness (QED) is 0.172. The summed E-state index contributed by atoms with van der Waals surface area (Å²) < 4.78 is 0. The molecule has 0 spiro atoms. The molecule has 0 aromatic heterocycles. The Morgan fingerprint density at radius 1 is 1.00 bits per heavy atom. The van der Waals surface area contributed by atoms with E-state index in [0.29, 0.717) is 6.42 Å². The first-order valence-electron chi connectivity index (χ1n) is 8.66. The van der Waals surface area contributed by atoms with Crippen molar-refractivity contribution in [2.24, 2.45) is 11.7 Å². The maximum absolute atomic E-state index is 12.2. The van der Waals surface area contributed by atoms with E-state index in [0.717, 1.165) is 0 Å². The number of hydrogen-bond acceptors (Lipinski definition) is 7. The van der Waals surface area contributed by atoms with Crippen molar-refractivity contribution in [3.8, 4) is 0 Å². The summed E-state index contributed by atoms with van der Waals surface area (Å²) >= 11 is 3.81. The molecule has 0 radical (unpaired) electrons. The van der Waals surface area contributed by atoms with Crippen LogP contribution in [0.3, 0.4) is 0 Å². The number of nitrogens with one attached hydrogen (secondary N) is 3. The van der Waals surface area contributed by atoms with E-state index in [1.54, 1.807) is 0 Å². The zero-order valence-corrected chi connectivity index (χ0v) is 16.7. The van der Waals surface area contributed by atoms with Crippen molar-refractivity contribution in [1.29, 1.82) is 0 Å². The largest absolute Gasteiger partial charge is 0.481 e. The van der Waals surface area contributed by atoms with E-state index in [4.69, 9.17) is 15.9 Å². The van der Waals surface area contributed by atoms with Gasteiger partial charge in [0.2, 0.25) is 17.7 Å². The van der Waals surface area contributed by atoms with Crippen molar-refractivity contribution in [3.05, 3.63) is 0 Å². The minimum absolute atomic E-state index is 0.188. The molecule has 0 saturated heterocycles. The standard InChI is InChI=1S/C16H28N4O7S/c1-8(2)5-9(17)14(24)18-6-12(21)19-10(3-4-13(22)23)15(25)20-11(7-28)16(26)27/h8-11,28H,3-7,17H2,1-2H3,(H,18,24)(H,19,21)(H,20,25)(H,22,23)(H,26,27). The third-order valence-corrected chi connectivity index (χ3v) is 3.95. The van der Waals surface area contributed by atoms with Crippen LogP contribution in [0.25, 0.3) is 0 Å². The van der Waals surface area contributed by atoms with Crippen molar-refractivity contribution in [1.82, 2.24) is 16.0 Å². The maximum atomic E-state index is 12.2. The molecule has 0 saturated carbocycles. The second-order valence-electron chi connectivity index (χ2n) is 6.59. The molecule has 11 nitrogen and oxygen atoms in total. The van der Waals surface area contributed by atoms with Gasteiger partial charge in [0.05, 0.1) is 12.6 Å². The molecule has 0 aliphatic heterocycles. The molecule has 12 heteroatoms. The molecule has 0 heterocycles. The predicted octanol–water partition coefficient (Wildman–Crippen LogP) is -1.68. The Hall–Kier alpha value is -2.34. The molecule has 3 atom stereocenters. The first-order valence-corrected chi connectivity index (χ1v) is 9.29. The molecule has 0 aliphatic rings. The monoisotopic (exact) mass is 420 g/mol. The van der Waals surface area contributed by atoms with Crippen molar-refractivity contribution in [2.45, 2.75) is 51.2 Å². The molecule has 0 fully saturated rings. The molecule has 0 aromatic carbocycles. The molecule has 160 valence electrons. The molecule has 3 unspecified atom stereocenters. The van der Waals surface area contributed by atoms with E-state index in [9.17, 15) is 24.0 Å². The molecule has 3 amide bonds. The number of nitrogens with two attached hydrogens (primary N) is 1. The van der Waals surface area contributed by atoms with E-state index >= 15 is 0 Å². The van der Waals surface area contributed by atoms with Crippen molar-refractivity contribution < 1.29 is 34.2 Å². The summed E-state index contributed by atoms with van der Waals surface area (Å²) in [6.45, 7) is 3.32. The second kappa shape index (κ2) is 12.9. The highest BCUT2D eigenvalue weighted by atomic mass is 32.1. The summed E-state index contributed by atoms with van der Waals surface area (Å²) in [6.07, 6.45) is -0.257. The Labute approximate surface area is 168 Å². The van der Waals surface area contributed by atoms with Gasteiger partial charge < -0.3 is 31.9 Å². The molecular weight excluding hydrogens is 392 g/mol. The Kier molecular flexibility index (Phi) is 11.9. The number of hydrogen-bond donors (Lipinski definition) is 7. The summed E-state index contributed by atoms with van der Waals surface area (Å²) in [5, 5.41) is 24.5. The first kappa shape index (κ1) is 25.7. The highest BCUT2D eigenvalue weighted by molar-refractivity contribution is 7.80. The van der Waals surface area contributed by atoms with Gasteiger partial charge in [-0.05, 0) is 18.8 Å². The number of carbonyl (C=O) groups excluding carboxylic acids is 3. The number of thiol groups is 1. The highest BCUT2D eigenvalue weighted by Crippen LogP contribution is 2.03. The van der Waals surface area contributed by atoms with Gasteiger partial charge in [-0.25, -0.2) is 4.79 Å². The molecular formula is C16H28N4O7S. The lowest BCUT2D eigenvalue weighted by Crippen LogP contribution is -2.54. The van der Waals surface area contributed by atoms with E-state index < -0.39 is 60.8 Å². The van der Waals surface area contributed by atoms with Gasteiger partial charge in [0.15, 0.2) is 0 Å². The number of aliphatic carboxylic acids is 2. The highest BCUT2D eigenvalue weighted by Gasteiger charge is 2.26. The fourth-order valence-corrected chi connectivity index (χ4v) is 2.40. The van der Waals surface area contributed by atoms with Gasteiger partial charge in [0.1, 0.15) is 12.1 Å². The third kappa shape index (κ3) is 10.7. The summed E-state index contributed by atoms with van der Waals surface area (Å²) in [6, 6.07) is -3.37.